The van der Waals surface area contributed by atoms with Crippen LogP contribution < -0.4 is 5.73 Å². The van der Waals surface area contributed by atoms with Crippen molar-refractivity contribution in [3.8, 4) is 0 Å². The van der Waals surface area contributed by atoms with E-state index in [9.17, 15) is 5.11 Å². The molecule has 10 nitrogen and oxygen atoms in total. The molecule has 2 aromatic carbocycles. The van der Waals surface area contributed by atoms with Gasteiger partial charge in [0.25, 0.3) is 0 Å². The maximum atomic E-state index is 11.5. The molecule has 10 heteroatoms. The molecule has 36 heavy (non-hydrogen) atoms. The van der Waals surface area contributed by atoms with Gasteiger partial charge in [0, 0.05) is 7.11 Å². The van der Waals surface area contributed by atoms with Gasteiger partial charge in [-0.15, -0.1) is 0 Å². The minimum atomic E-state index is -1.10. The third-order valence-electron chi connectivity index (χ3n) is 6.26. The zero-order valence-corrected chi connectivity index (χ0v) is 19.9. The van der Waals surface area contributed by atoms with Gasteiger partial charge in [0.15, 0.2) is 17.7 Å². The van der Waals surface area contributed by atoms with E-state index >= 15 is 0 Å². The zero-order valence-electron chi connectivity index (χ0n) is 19.9. The molecule has 4 atom stereocenters. The summed E-state index contributed by atoms with van der Waals surface area (Å²) in [7, 11) is 1.58. The molecule has 0 aliphatic carbocycles. The maximum absolute atomic E-state index is 11.5. The van der Waals surface area contributed by atoms with E-state index < -0.39 is 24.0 Å². The number of aromatic nitrogens is 4. The van der Waals surface area contributed by atoms with Crippen molar-refractivity contribution in [3.63, 3.8) is 0 Å². The molecule has 5 rings (SSSR count). The summed E-state index contributed by atoms with van der Waals surface area (Å²) in [5, 5.41) is 11.5. The summed E-state index contributed by atoms with van der Waals surface area (Å²) in [5.74, 6) is 0.248. The van der Waals surface area contributed by atoms with Crippen LogP contribution >= 0.6 is 0 Å². The van der Waals surface area contributed by atoms with Crippen molar-refractivity contribution in [2.24, 2.45) is 0 Å². The Kier molecular flexibility index (Phi) is 7.21. The van der Waals surface area contributed by atoms with Crippen LogP contribution in [0.2, 0.25) is 0 Å². The summed E-state index contributed by atoms with van der Waals surface area (Å²) in [5.41, 5.74) is 7.74. The topological polar surface area (TPSA) is 127 Å². The van der Waals surface area contributed by atoms with Crippen LogP contribution in [0.5, 0.6) is 0 Å². The molecule has 0 radical (unpaired) electrons. The highest BCUT2D eigenvalue weighted by Gasteiger charge is 2.57. The second kappa shape index (κ2) is 10.7. The van der Waals surface area contributed by atoms with E-state index in [0.29, 0.717) is 17.8 Å². The van der Waals surface area contributed by atoms with E-state index in [2.05, 4.69) is 15.0 Å². The number of aliphatic hydroxyl groups is 1. The molecule has 1 saturated heterocycles. The molecule has 2 aromatic heterocycles. The number of aliphatic hydroxyl groups excluding tert-OH is 1. The standard InChI is InChI=1S/C26H29N5O5/c1-33-14-26(15-34-12-18-8-4-2-5-9-18)22(35-13-19-10-6-3-7-11-19)21(32)25(36-26)31-17-30-20-23(27)28-16-29-24(20)31/h2-11,16-17,21-22,25,32H,12-15H2,1H3,(H2,27,28,29)/t21?,22?,25-,26-/m1/s1. The molecule has 4 aromatic rings. The van der Waals surface area contributed by atoms with Crippen molar-refractivity contribution in [2.45, 2.75) is 37.3 Å². The lowest BCUT2D eigenvalue weighted by Gasteiger charge is -2.33. The Bertz CT molecular complexity index is 1270. The molecule has 188 valence electrons. The number of methoxy groups -OCH3 is 1. The van der Waals surface area contributed by atoms with Gasteiger partial charge in [-0.1, -0.05) is 60.7 Å². The third-order valence-corrected chi connectivity index (χ3v) is 6.26. The van der Waals surface area contributed by atoms with Gasteiger partial charge in [-0.2, -0.15) is 0 Å². The van der Waals surface area contributed by atoms with Crippen molar-refractivity contribution in [1.29, 1.82) is 0 Å². The molecule has 1 aliphatic heterocycles. The Hall–Kier alpha value is -3.41. The second-order valence-electron chi connectivity index (χ2n) is 8.78. The summed E-state index contributed by atoms with van der Waals surface area (Å²) >= 11 is 0. The minimum absolute atomic E-state index is 0.131. The van der Waals surface area contributed by atoms with Gasteiger partial charge in [-0.25, -0.2) is 15.0 Å². The van der Waals surface area contributed by atoms with Crippen molar-refractivity contribution in [1.82, 2.24) is 19.5 Å². The molecular weight excluding hydrogens is 462 g/mol. The van der Waals surface area contributed by atoms with Crippen LogP contribution in [0.25, 0.3) is 11.2 Å². The molecule has 1 fully saturated rings. The van der Waals surface area contributed by atoms with Gasteiger partial charge in [0.1, 0.15) is 29.7 Å². The first-order chi connectivity index (χ1) is 17.6. The summed E-state index contributed by atoms with van der Waals surface area (Å²) in [6.45, 7) is 0.924. The molecule has 0 bridgehead atoms. The normalized spacial score (nSPS) is 23.9. The molecule has 0 saturated carbocycles. The smallest absolute Gasteiger partial charge is 0.167 e. The lowest BCUT2D eigenvalue weighted by molar-refractivity contribution is -0.179. The number of nitrogen functional groups attached to an aromatic ring is 1. The van der Waals surface area contributed by atoms with Gasteiger partial charge >= 0.3 is 0 Å². The Labute approximate surface area is 208 Å². The summed E-state index contributed by atoms with van der Waals surface area (Å²) < 4.78 is 26.1. The lowest BCUT2D eigenvalue weighted by Crippen LogP contribution is -2.51. The number of anilines is 1. The van der Waals surface area contributed by atoms with Crippen LogP contribution in [-0.2, 0) is 32.2 Å². The van der Waals surface area contributed by atoms with Crippen molar-refractivity contribution >= 4 is 17.0 Å². The first-order valence-corrected chi connectivity index (χ1v) is 11.7. The average molecular weight is 492 g/mol. The Morgan fingerprint density at radius 1 is 0.972 bits per heavy atom. The predicted molar refractivity (Wildman–Crippen MR) is 132 cm³/mol. The molecule has 3 N–H and O–H groups in total. The summed E-state index contributed by atoms with van der Waals surface area (Å²) in [6.07, 6.45) is 0.186. The first kappa shape index (κ1) is 24.3. The highest BCUT2D eigenvalue weighted by molar-refractivity contribution is 5.81. The number of fused-ring (bicyclic) bond motifs is 1. The predicted octanol–water partition coefficient (Wildman–Crippen LogP) is 2.49. The van der Waals surface area contributed by atoms with Crippen LogP contribution in [0.4, 0.5) is 5.82 Å². The van der Waals surface area contributed by atoms with Gasteiger partial charge in [0.05, 0.1) is 32.8 Å². The minimum Gasteiger partial charge on any atom is -0.386 e. The molecule has 3 heterocycles. The molecule has 0 amide bonds. The number of nitrogens with two attached hydrogens (primary N) is 1. The number of hydrogen-bond donors (Lipinski definition) is 2. The monoisotopic (exact) mass is 491 g/mol. The maximum Gasteiger partial charge on any atom is 0.167 e. The number of hydrogen-bond acceptors (Lipinski definition) is 9. The van der Waals surface area contributed by atoms with E-state index in [1.54, 1.807) is 11.7 Å². The van der Waals surface area contributed by atoms with E-state index in [4.69, 9.17) is 24.7 Å². The van der Waals surface area contributed by atoms with E-state index in [1.807, 2.05) is 60.7 Å². The van der Waals surface area contributed by atoms with E-state index in [-0.39, 0.29) is 25.6 Å². The largest absolute Gasteiger partial charge is 0.386 e. The van der Waals surface area contributed by atoms with Crippen molar-refractivity contribution in [3.05, 3.63) is 84.4 Å². The SMILES string of the molecule is COC[C@]1(COCc2ccccc2)O[C@@H](n2cnc3c(N)ncnc32)C(O)C1OCc1ccccc1. The van der Waals surface area contributed by atoms with Gasteiger partial charge in [-0.05, 0) is 11.1 Å². The summed E-state index contributed by atoms with van der Waals surface area (Å²) in [4.78, 5) is 12.6. The van der Waals surface area contributed by atoms with Crippen LogP contribution in [0.15, 0.2) is 73.3 Å². The average Bonchev–Trinajstić information content (AvgIpc) is 3.44. The molecule has 0 spiro atoms. The van der Waals surface area contributed by atoms with Gasteiger partial charge in [0.2, 0.25) is 0 Å². The zero-order chi connectivity index (χ0) is 25.0. The Morgan fingerprint density at radius 3 is 2.36 bits per heavy atom. The Morgan fingerprint density at radius 2 is 1.67 bits per heavy atom. The number of ether oxygens (including phenoxy) is 4. The van der Waals surface area contributed by atoms with Crippen LogP contribution in [0.3, 0.4) is 0 Å². The quantitative estimate of drug-likeness (QED) is 0.344. The Balaban J connectivity index is 1.45. The summed E-state index contributed by atoms with van der Waals surface area (Å²) in [6, 6.07) is 19.6. The van der Waals surface area contributed by atoms with Crippen LogP contribution in [0, 0.1) is 0 Å². The highest BCUT2D eigenvalue weighted by atomic mass is 16.6. The highest BCUT2D eigenvalue weighted by Crippen LogP contribution is 2.41. The second-order valence-corrected chi connectivity index (χ2v) is 8.78. The van der Waals surface area contributed by atoms with Crippen LogP contribution in [0.1, 0.15) is 17.4 Å². The molecule has 2 unspecified atom stereocenters. The molecular formula is C26H29N5O5. The number of benzene rings is 2. The fourth-order valence-electron chi connectivity index (χ4n) is 4.56. The fourth-order valence-corrected chi connectivity index (χ4v) is 4.56. The van der Waals surface area contributed by atoms with E-state index in [1.165, 1.54) is 12.7 Å². The third kappa shape index (κ3) is 4.81. The van der Waals surface area contributed by atoms with Crippen molar-refractivity contribution < 1.29 is 24.1 Å². The van der Waals surface area contributed by atoms with Gasteiger partial charge < -0.3 is 29.8 Å². The lowest BCUT2D eigenvalue weighted by atomic mass is 9.96. The van der Waals surface area contributed by atoms with Gasteiger partial charge in [-0.3, -0.25) is 4.57 Å². The van der Waals surface area contributed by atoms with Crippen LogP contribution in [-0.4, -0.2) is 62.8 Å². The number of nitrogens with zero attached hydrogens (tertiary/aromatic N) is 4. The molecule has 1 aliphatic rings. The number of rotatable bonds is 10. The van der Waals surface area contributed by atoms with Crippen molar-refractivity contribution in [2.75, 3.05) is 26.1 Å². The number of imidazole rings is 1. The first-order valence-electron chi connectivity index (χ1n) is 11.7. The fraction of sp³-hybridized carbons (Fsp3) is 0.346. The van der Waals surface area contributed by atoms with E-state index in [0.717, 1.165) is 11.1 Å².